The smallest absolute Gasteiger partial charge is 0.129 e. The molecule has 0 atom stereocenters. The molecule has 19 heavy (non-hydrogen) atoms. The van der Waals surface area contributed by atoms with Crippen LogP contribution >= 0.6 is 23.6 Å². The van der Waals surface area contributed by atoms with Gasteiger partial charge in [-0.1, -0.05) is 12.2 Å². The van der Waals surface area contributed by atoms with Crippen molar-refractivity contribution in [1.82, 2.24) is 4.98 Å². The van der Waals surface area contributed by atoms with Crippen molar-refractivity contribution in [1.29, 1.82) is 0 Å². The molecular formula is C14H15N3S2. The minimum atomic E-state index is 0.431. The van der Waals surface area contributed by atoms with Gasteiger partial charge in [0.05, 0.1) is 0 Å². The van der Waals surface area contributed by atoms with Gasteiger partial charge in [-0.15, -0.1) is 11.3 Å². The molecule has 0 aliphatic carbocycles. The molecule has 98 valence electrons. The molecule has 2 aromatic rings. The van der Waals surface area contributed by atoms with Crippen molar-refractivity contribution in [2.45, 2.75) is 19.9 Å². The maximum absolute atomic E-state index is 5.73. The number of thiocarbonyl (C=S) groups is 1. The molecule has 0 saturated carbocycles. The van der Waals surface area contributed by atoms with Gasteiger partial charge in [0.2, 0.25) is 0 Å². The van der Waals surface area contributed by atoms with Crippen LogP contribution in [0.2, 0.25) is 0 Å². The standard InChI is InChI=1S/C14H15N3S2/c1-9-6-11(14(15)18)7-13(16-9)17-4-2-12-10(8-17)3-5-19-12/h3,5-7H,2,4,8H2,1H3,(H2,15,18). The zero-order valence-electron chi connectivity index (χ0n) is 10.7. The number of thiophene rings is 1. The number of rotatable bonds is 2. The second kappa shape index (κ2) is 4.90. The van der Waals surface area contributed by atoms with Crippen LogP contribution in [0, 0.1) is 6.92 Å². The normalized spacial score (nSPS) is 14.3. The molecule has 2 aromatic heterocycles. The Bertz CT molecular complexity index is 633. The highest BCUT2D eigenvalue weighted by Gasteiger charge is 2.19. The van der Waals surface area contributed by atoms with Gasteiger partial charge in [0.15, 0.2) is 0 Å². The number of pyridine rings is 1. The zero-order valence-corrected chi connectivity index (χ0v) is 12.4. The SMILES string of the molecule is Cc1cc(C(N)=S)cc(N2CCc3sccc3C2)n1. The van der Waals surface area contributed by atoms with Crippen molar-refractivity contribution in [3.8, 4) is 0 Å². The van der Waals surface area contributed by atoms with E-state index in [1.807, 2.05) is 30.4 Å². The van der Waals surface area contributed by atoms with Crippen LogP contribution in [0.3, 0.4) is 0 Å². The molecule has 0 amide bonds. The third-order valence-electron chi connectivity index (χ3n) is 3.36. The van der Waals surface area contributed by atoms with Crippen molar-refractivity contribution >= 4 is 34.4 Å². The van der Waals surface area contributed by atoms with Crippen LogP contribution in [0.1, 0.15) is 21.7 Å². The summed E-state index contributed by atoms with van der Waals surface area (Å²) in [5.41, 5.74) is 8.99. The quantitative estimate of drug-likeness (QED) is 0.863. The third-order valence-corrected chi connectivity index (χ3v) is 4.61. The average molecular weight is 289 g/mol. The molecule has 0 saturated heterocycles. The summed E-state index contributed by atoms with van der Waals surface area (Å²) < 4.78 is 0. The Hall–Kier alpha value is -1.46. The van der Waals surface area contributed by atoms with E-state index >= 15 is 0 Å². The van der Waals surface area contributed by atoms with E-state index in [1.165, 1.54) is 10.4 Å². The van der Waals surface area contributed by atoms with Crippen LogP contribution in [0.15, 0.2) is 23.6 Å². The summed E-state index contributed by atoms with van der Waals surface area (Å²) in [7, 11) is 0. The van der Waals surface area contributed by atoms with Crippen LogP contribution in [0.4, 0.5) is 5.82 Å². The molecular weight excluding hydrogens is 274 g/mol. The molecule has 1 aliphatic heterocycles. The minimum absolute atomic E-state index is 0.431. The summed E-state index contributed by atoms with van der Waals surface area (Å²) in [4.78, 5) is 8.84. The van der Waals surface area contributed by atoms with Crippen molar-refractivity contribution in [2.24, 2.45) is 5.73 Å². The Morgan fingerprint density at radius 2 is 2.32 bits per heavy atom. The van der Waals surface area contributed by atoms with E-state index in [4.69, 9.17) is 18.0 Å². The minimum Gasteiger partial charge on any atom is -0.389 e. The lowest BCUT2D eigenvalue weighted by molar-refractivity contribution is 0.730. The molecule has 3 rings (SSSR count). The molecule has 3 heterocycles. The first-order valence-electron chi connectivity index (χ1n) is 6.22. The van der Waals surface area contributed by atoms with Crippen LogP contribution in [-0.4, -0.2) is 16.5 Å². The summed E-state index contributed by atoms with van der Waals surface area (Å²) in [6.07, 6.45) is 1.09. The fraction of sp³-hybridized carbons (Fsp3) is 0.286. The van der Waals surface area contributed by atoms with Crippen molar-refractivity contribution in [2.75, 3.05) is 11.4 Å². The third kappa shape index (κ3) is 2.48. The van der Waals surface area contributed by atoms with Gasteiger partial charge < -0.3 is 10.6 Å². The summed E-state index contributed by atoms with van der Waals surface area (Å²) >= 11 is 6.91. The number of nitrogens with zero attached hydrogens (tertiary/aromatic N) is 2. The highest BCUT2D eigenvalue weighted by molar-refractivity contribution is 7.80. The van der Waals surface area contributed by atoms with Crippen molar-refractivity contribution in [3.05, 3.63) is 45.3 Å². The number of nitrogens with two attached hydrogens (primary N) is 1. The monoisotopic (exact) mass is 289 g/mol. The molecule has 0 radical (unpaired) electrons. The second-order valence-electron chi connectivity index (χ2n) is 4.76. The summed E-state index contributed by atoms with van der Waals surface area (Å²) in [5, 5.41) is 2.16. The van der Waals surface area contributed by atoms with Gasteiger partial charge in [-0.05, 0) is 42.5 Å². The van der Waals surface area contributed by atoms with Crippen LogP contribution < -0.4 is 10.6 Å². The molecule has 0 fully saturated rings. The van der Waals surface area contributed by atoms with Crippen molar-refractivity contribution < 1.29 is 0 Å². The number of hydrogen-bond donors (Lipinski definition) is 1. The first-order valence-corrected chi connectivity index (χ1v) is 7.51. The number of aromatic nitrogens is 1. The Kier molecular flexibility index (Phi) is 3.24. The van der Waals surface area contributed by atoms with Gasteiger partial charge in [-0.25, -0.2) is 4.98 Å². The fourth-order valence-electron chi connectivity index (χ4n) is 2.40. The van der Waals surface area contributed by atoms with Gasteiger partial charge >= 0.3 is 0 Å². The van der Waals surface area contributed by atoms with Gasteiger partial charge in [-0.3, -0.25) is 0 Å². The predicted octanol–water partition coefficient (Wildman–Crippen LogP) is 2.65. The fourth-order valence-corrected chi connectivity index (χ4v) is 3.41. The predicted molar refractivity (Wildman–Crippen MR) is 83.9 cm³/mol. The summed E-state index contributed by atoms with van der Waals surface area (Å²) in [6.45, 7) is 3.90. The zero-order chi connectivity index (χ0) is 13.4. The Morgan fingerprint density at radius 1 is 1.47 bits per heavy atom. The molecule has 5 heteroatoms. The van der Waals surface area contributed by atoms with E-state index in [2.05, 4.69) is 21.3 Å². The topological polar surface area (TPSA) is 42.1 Å². The molecule has 0 unspecified atom stereocenters. The highest BCUT2D eigenvalue weighted by atomic mass is 32.1. The number of anilines is 1. The average Bonchev–Trinajstić information content (AvgIpc) is 2.85. The maximum atomic E-state index is 5.73. The van der Waals surface area contributed by atoms with Crippen LogP contribution in [-0.2, 0) is 13.0 Å². The van der Waals surface area contributed by atoms with Crippen LogP contribution in [0.5, 0.6) is 0 Å². The lowest BCUT2D eigenvalue weighted by Gasteiger charge is -2.28. The first-order chi connectivity index (χ1) is 9.13. The Balaban J connectivity index is 1.93. The molecule has 0 spiro atoms. The number of fused-ring (bicyclic) bond motifs is 1. The summed E-state index contributed by atoms with van der Waals surface area (Å²) in [6, 6.07) is 6.13. The summed E-state index contributed by atoms with van der Waals surface area (Å²) in [5.74, 6) is 0.972. The van der Waals surface area contributed by atoms with Gasteiger partial charge in [0.25, 0.3) is 0 Å². The molecule has 0 aromatic carbocycles. The molecule has 3 nitrogen and oxygen atoms in total. The highest BCUT2D eigenvalue weighted by Crippen LogP contribution is 2.27. The molecule has 2 N–H and O–H groups in total. The lowest BCUT2D eigenvalue weighted by Crippen LogP contribution is -2.30. The maximum Gasteiger partial charge on any atom is 0.129 e. The van der Waals surface area contributed by atoms with Gasteiger partial charge in [0.1, 0.15) is 10.8 Å². The van der Waals surface area contributed by atoms with Gasteiger partial charge in [-0.2, -0.15) is 0 Å². The lowest BCUT2D eigenvalue weighted by atomic mass is 10.1. The van der Waals surface area contributed by atoms with E-state index in [0.717, 1.165) is 36.6 Å². The van der Waals surface area contributed by atoms with Crippen LogP contribution in [0.25, 0.3) is 0 Å². The Morgan fingerprint density at radius 3 is 3.11 bits per heavy atom. The van der Waals surface area contributed by atoms with E-state index < -0.39 is 0 Å². The first kappa shape index (κ1) is 12.6. The van der Waals surface area contributed by atoms with Crippen molar-refractivity contribution in [3.63, 3.8) is 0 Å². The van der Waals surface area contributed by atoms with E-state index in [-0.39, 0.29) is 0 Å². The second-order valence-corrected chi connectivity index (χ2v) is 6.20. The molecule has 0 bridgehead atoms. The van der Waals surface area contributed by atoms with E-state index in [1.54, 1.807) is 0 Å². The van der Waals surface area contributed by atoms with E-state index in [9.17, 15) is 0 Å². The Labute approximate surface area is 122 Å². The number of hydrogen-bond acceptors (Lipinski definition) is 4. The van der Waals surface area contributed by atoms with E-state index in [0.29, 0.717) is 4.99 Å². The van der Waals surface area contributed by atoms with Gasteiger partial charge in [0, 0.05) is 29.2 Å². The molecule has 1 aliphatic rings. The number of aryl methyl sites for hydroxylation is 1. The largest absolute Gasteiger partial charge is 0.389 e.